The Kier molecular flexibility index (Phi) is 24.6. The smallest absolute Gasteiger partial charge is 0.326 e. The van der Waals surface area contributed by atoms with E-state index in [4.69, 9.17) is 4.55 Å². The molecule has 6 heteroatoms. The van der Waals surface area contributed by atoms with E-state index in [0.29, 0.717) is 6.42 Å². The maximum absolute atomic E-state index is 11.5. The number of hydrogen-bond donors (Lipinski definition) is 1. The third kappa shape index (κ3) is 23.5. The van der Waals surface area contributed by atoms with E-state index in [-0.39, 0.29) is 6.42 Å². The zero-order valence-electron chi connectivity index (χ0n) is 23.2. The molecule has 0 aromatic carbocycles. The Morgan fingerprint density at radius 2 is 0.829 bits per heavy atom. The van der Waals surface area contributed by atoms with Crippen LogP contribution >= 0.6 is 0 Å². The van der Waals surface area contributed by atoms with Crippen LogP contribution < -0.4 is 0 Å². The number of esters is 1. The number of carbonyl (C=O) groups is 1. The highest BCUT2D eigenvalue weighted by molar-refractivity contribution is 7.87. The van der Waals surface area contributed by atoms with Gasteiger partial charge in [0.1, 0.15) is 0 Å². The second-order valence-corrected chi connectivity index (χ2v) is 12.0. The summed E-state index contributed by atoms with van der Waals surface area (Å²) in [5, 5.41) is -1.44. The highest BCUT2D eigenvalue weighted by atomic mass is 32.2. The molecule has 0 aromatic rings. The maximum Gasteiger partial charge on any atom is 0.326 e. The molecule has 5 nitrogen and oxygen atoms in total. The van der Waals surface area contributed by atoms with Gasteiger partial charge < -0.3 is 4.74 Å². The van der Waals surface area contributed by atoms with Crippen LogP contribution in [0, 0.1) is 0 Å². The Morgan fingerprint density at radius 1 is 0.571 bits per heavy atom. The molecule has 0 heterocycles. The van der Waals surface area contributed by atoms with E-state index in [1.807, 2.05) is 0 Å². The largest absolute Gasteiger partial charge is 0.468 e. The van der Waals surface area contributed by atoms with E-state index in [1.54, 1.807) is 0 Å². The van der Waals surface area contributed by atoms with Gasteiger partial charge in [-0.25, -0.2) is 0 Å². The van der Waals surface area contributed by atoms with E-state index in [2.05, 4.69) is 11.7 Å². The minimum absolute atomic E-state index is 0.130. The van der Waals surface area contributed by atoms with Crippen LogP contribution in [-0.4, -0.2) is 31.3 Å². The number of ether oxygens (including phenoxy) is 1. The summed E-state index contributed by atoms with van der Waals surface area (Å²) in [6.07, 6.45) is 31.6. The number of rotatable bonds is 27. The van der Waals surface area contributed by atoms with Crippen molar-refractivity contribution in [1.82, 2.24) is 0 Å². The number of unbranched alkanes of at least 4 members (excludes halogenated alkanes) is 23. The number of methoxy groups -OCH3 is 1. The molecule has 0 aliphatic heterocycles. The Bertz CT molecular complexity index is 561. The van der Waals surface area contributed by atoms with Crippen molar-refractivity contribution >= 4 is 16.1 Å². The highest BCUT2D eigenvalue weighted by Crippen LogP contribution is 2.17. The zero-order valence-corrected chi connectivity index (χ0v) is 24.1. The molecule has 0 aliphatic carbocycles. The lowest BCUT2D eigenvalue weighted by atomic mass is 10.0. The van der Waals surface area contributed by atoms with Crippen LogP contribution in [-0.2, 0) is 19.6 Å². The Morgan fingerprint density at radius 3 is 1.06 bits per heavy atom. The molecule has 0 aromatic heterocycles. The molecule has 1 atom stereocenters. The second-order valence-electron chi connectivity index (χ2n) is 10.4. The normalized spacial score (nSPS) is 12.7. The van der Waals surface area contributed by atoms with Crippen LogP contribution in [0.3, 0.4) is 0 Å². The van der Waals surface area contributed by atoms with Crippen molar-refractivity contribution in [3.05, 3.63) is 0 Å². The molecule has 1 unspecified atom stereocenters. The van der Waals surface area contributed by atoms with Crippen LogP contribution in [0.4, 0.5) is 0 Å². The minimum atomic E-state index is -4.38. The van der Waals surface area contributed by atoms with Gasteiger partial charge in [0.15, 0.2) is 5.25 Å². The molecule has 1 N–H and O–H groups in total. The predicted octanol–water partition coefficient (Wildman–Crippen LogP) is 9.19. The Hall–Kier alpha value is -0.620. The first-order valence-corrected chi connectivity index (χ1v) is 16.5. The fraction of sp³-hybridized carbons (Fsp3) is 0.966. The van der Waals surface area contributed by atoms with E-state index in [9.17, 15) is 13.2 Å². The summed E-state index contributed by atoms with van der Waals surface area (Å²) >= 11 is 0. The zero-order chi connectivity index (χ0) is 26.0. The van der Waals surface area contributed by atoms with E-state index in [0.717, 1.165) is 26.4 Å². The molecule has 0 aliphatic rings. The van der Waals surface area contributed by atoms with Gasteiger partial charge in [-0.05, 0) is 6.42 Å². The van der Waals surface area contributed by atoms with Gasteiger partial charge in [-0.3, -0.25) is 9.35 Å². The monoisotopic (exact) mass is 518 g/mol. The van der Waals surface area contributed by atoms with Crippen molar-refractivity contribution in [1.29, 1.82) is 0 Å². The van der Waals surface area contributed by atoms with Crippen molar-refractivity contribution in [2.24, 2.45) is 0 Å². The SMILES string of the molecule is CCCCCCCCCCCCCCCCCCCCCCCCCCC(C(=O)OC)S(=O)(=O)O. The van der Waals surface area contributed by atoms with Crippen molar-refractivity contribution in [3.8, 4) is 0 Å². The average molecular weight is 519 g/mol. The molecule has 0 radical (unpaired) electrons. The molecule has 0 amide bonds. The molecule has 35 heavy (non-hydrogen) atoms. The summed E-state index contributed by atoms with van der Waals surface area (Å²) in [5.74, 6) is -0.874. The summed E-state index contributed by atoms with van der Waals surface area (Å²) in [4.78, 5) is 11.5. The molecule has 0 saturated heterocycles. The van der Waals surface area contributed by atoms with Gasteiger partial charge in [-0.1, -0.05) is 161 Å². The van der Waals surface area contributed by atoms with Crippen molar-refractivity contribution in [2.45, 2.75) is 173 Å². The molecule has 0 saturated carbocycles. The predicted molar refractivity (Wildman–Crippen MR) is 148 cm³/mol. The summed E-state index contributed by atoms with van der Waals surface area (Å²) in [7, 11) is -3.24. The van der Waals surface area contributed by atoms with E-state index < -0.39 is 21.3 Å². The lowest BCUT2D eigenvalue weighted by molar-refractivity contribution is -0.140. The van der Waals surface area contributed by atoms with Gasteiger partial charge in [0, 0.05) is 0 Å². The maximum atomic E-state index is 11.5. The molecule has 0 spiro atoms. The molecule has 0 rings (SSSR count). The third-order valence-electron chi connectivity index (χ3n) is 7.14. The lowest BCUT2D eigenvalue weighted by Crippen LogP contribution is -2.30. The quantitative estimate of drug-likeness (QED) is 0.0666. The number of carbonyl (C=O) groups excluding carboxylic acids is 1. The fourth-order valence-electron chi connectivity index (χ4n) is 4.81. The lowest BCUT2D eigenvalue weighted by Gasteiger charge is -2.11. The van der Waals surface area contributed by atoms with E-state index >= 15 is 0 Å². The van der Waals surface area contributed by atoms with Crippen molar-refractivity contribution in [2.75, 3.05) is 7.11 Å². The van der Waals surface area contributed by atoms with Gasteiger partial charge in [0.05, 0.1) is 7.11 Å². The number of hydrogen-bond acceptors (Lipinski definition) is 4. The minimum Gasteiger partial charge on any atom is -0.468 e. The van der Waals surface area contributed by atoms with Crippen LogP contribution in [0.1, 0.15) is 167 Å². The standard InChI is InChI=1S/C29H58O5S/c1-3-4-5-6-7-8-9-10-11-12-13-14-15-16-17-18-19-20-21-22-23-24-25-26-27-28(29(30)34-2)35(31,32)33/h28H,3-27H2,1-2H3,(H,31,32,33). The summed E-state index contributed by atoms with van der Waals surface area (Å²) in [5.41, 5.74) is 0. The van der Waals surface area contributed by atoms with Crippen molar-refractivity contribution in [3.63, 3.8) is 0 Å². The molecule has 0 bridgehead atoms. The van der Waals surface area contributed by atoms with Gasteiger partial charge in [-0.15, -0.1) is 0 Å². The van der Waals surface area contributed by atoms with Crippen LogP contribution in [0.5, 0.6) is 0 Å². The van der Waals surface area contributed by atoms with Crippen LogP contribution in [0.15, 0.2) is 0 Å². The average Bonchev–Trinajstić information content (AvgIpc) is 2.82. The van der Waals surface area contributed by atoms with Gasteiger partial charge in [0.25, 0.3) is 10.1 Å². The first kappa shape index (κ1) is 34.4. The third-order valence-corrected chi connectivity index (χ3v) is 8.29. The summed E-state index contributed by atoms with van der Waals surface area (Å²) < 4.78 is 36.1. The first-order valence-electron chi connectivity index (χ1n) is 15.0. The van der Waals surface area contributed by atoms with Gasteiger partial charge in [0.2, 0.25) is 0 Å². The van der Waals surface area contributed by atoms with E-state index in [1.165, 1.54) is 128 Å². The summed E-state index contributed by atoms with van der Waals surface area (Å²) in [6, 6.07) is 0. The van der Waals surface area contributed by atoms with Crippen LogP contribution in [0.2, 0.25) is 0 Å². The molecule has 0 fully saturated rings. The van der Waals surface area contributed by atoms with Gasteiger partial charge in [-0.2, -0.15) is 8.42 Å². The Labute approximate surface area is 218 Å². The Balaban J connectivity index is 3.27. The fourth-order valence-corrected chi connectivity index (χ4v) is 5.62. The first-order chi connectivity index (χ1) is 16.9. The van der Waals surface area contributed by atoms with Crippen molar-refractivity contribution < 1.29 is 22.5 Å². The molecule has 210 valence electrons. The molecular formula is C29H58O5S. The second kappa shape index (κ2) is 25.0. The summed E-state index contributed by atoms with van der Waals surface area (Å²) in [6.45, 7) is 2.28. The highest BCUT2D eigenvalue weighted by Gasteiger charge is 2.31. The van der Waals surface area contributed by atoms with Gasteiger partial charge >= 0.3 is 5.97 Å². The topological polar surface area (TPSA) is 80.7 Å². The molecular weight excluding hydrogens is 460 g/mol. The van der Waals surface area contributed by atoms with Crippen LogP contribution in [0.25, 0.3) is 0 Å².